The van der Waals surface area contributed by atoms with Crippen molar-refractivity contribution in [2.75, 3.05) is 25.5 Å². The summed E-state index contributed by atoms with van der Waals surface area (Å²) in [7, 11) is 0. The normalized spacial score (nSPS) is 13.7. The maximum absolute atomic E-state index is 13.3. The van der Waals surface area contributed by atoms with Gasteiger partial charge >= 0.3 is 6.03 Å². The molecule has 2 aliphatic heterocycles. The summed E-state index contributed by atoms with van der Waals surface area (Å²) < 4.78 is 33.9. The van der Waals surface area contributed by atoms with Crippen LogP contribution in [0, 0.1) is 0 Å². The van der Waals surface area contributed by atoms with E-state index in [9.17, 15) is 9.18 Å². The fourth-order valence-corrected chi connectivity index (χ4v) is 4.50. The number of ether oxygens (including phenoxy) is 4. The first-order valence-electron chi connectivity index (χ1n) is 12.4. The first kappa shape index (κ1) is 25.4. The molecule has 0 spiro atoms. The van der Waals surface area contributed by atoms with Gasteiger partial charge in [0.1, 0.15) is 17.2 Å². The number of hydrogen-bond acceptors (Lipinski definition) is 6. The number of carbonyl (C=O) groups is 1. The van der Waals surface area contributed by atoms with E-state index in [2.05, 4.69) is 10.7 Å². The summed E-state index contributed by atoms with van der Waals surface area (Å²) >= 11 is 6.11. The van der Waals surface area contributed by atoms with E-state index in [1.807, 2.05) is 30.3 Å². The summed E-state index contributed by atoms with van der Waals surface area (Å²) in [5, 5.41) is 5.05. The molecule has 0 atom stereocenters. The van der Waals surface area contributed by atoms with Crippen LogP contribution in [0.1, 0.15) is 11.1 Å². The van der Waals surface area contributed by atoms with Crippen molar-refractivity contribution in [3.8, 4) is 28.7 Å². The van der Waals surface area contributed by atoms with Crippen LogP contribution in [0.4, 0.5) is 14.9 Å². The van der Waals surface area contributed by atoms with Gasteiger partial charge in [-0.2, -0.15) is 0 Å². The first-order chi connectivity index (χ1) is 19.6. The molecular weight excluding hydrogens is 537 g/mol. The molecule has 0 saturated heterocycles. The van der Waals surface area contributed by atoms with Crippen LogP contribution in [0.5, 0.6) is 28.7 Å². The number of hydrazine groups is 1. The van der Waals surface area contributed by atoms with Gasteiger partial charge in [0.2, 0.25) is 13.7 Å². The Kier molecular flexibility index (Phi) is 7.03. The lowest BCUT2D eigenvalue weighted by Crippen LogP contribution is -2.40. The molecule has 0 bridgehead atoms. The zero-order chi connectivity index (χ0) is 27.5. The molecule has 0 aromatic heterocycles. The van der Waals surface area contributed by atoms with Crippen molar-refractivity contribution in [1.29, 1.82) is 0 Å². The average Bonchev–Trinajstić information content (AvgIpc) is 3.63. The molecule has 10 heteroatoms. The molecule has 0 aliphatic carbocycles. The second-order valence-electron chi connectivity index (χ2n) is 8.91. The van der Waals surface area contributed by atoms with Crippen molar-refractivity contribution < 1.29 is 28.1 Å². The Hall–Kier alpha value is -4.89. The van der Waals surface area contributed by atoms with E-state index in [1.54, 1.807) is 60.7 Å². The Morgan fingerprint density at radius 2 is 1.52 bits per heavy atom. The molecule has 4 aromatic carbocycles. The summed E-state index contributed by atoms with van der Waals surface area (Å²) in [6, 6.07) is 26.4. The summed E-state index contributed by atoms with van der Waals surface area (Å²) in [6.07, 6.45) is 0. The number of benzene rings is 4. The van der Waals surface area contributed by atoms with Gasteiger partial charge in [-0.1, -0.05) is 29.8 Å². The third-order valence-electron chi connectivity index (χ3n) is 6.35. The van der Waals surface area contributed by atoms with Gasteiger partial charge in [0.05, 0.1) is 12.2 Å². The number of anilines is 1. The number of nitrogens with one attached hydrogen (secondary N) is 2. The Balaban J connectivity index is 1.16. The van der Waals surface area contributed by atoms with E-state index < -0.39 is 6.86 Å². The van der Waals surface area contributed by atoms with Crippen LogP contribution in [-0.4, -0.2) is 31.2 Å². The first-order valence-corrected chi connectivity index (χ1v) is 12.7. The van der Waals surface area contributed by atoms with Gasteiger partial charge in [0.15, 0.2) is 11.5 Å². The minimum atomic E-state index is -0.890. The van der Waals surface area contributed by atoms with E-state index in [4.69, 9.17) is 30.5 Å². The molecule has 202 valence electrons. The molecule has 0 saturated carbocycles. The number of rotatable bonds is 7. The second-order valence-corrected chi connectivity index (χ2v) is 9.34. The van der Waals surface area contributed by atoms with Gasteiger partial charge in [-0.15, -0.1) is 0 Å². The molecule has 0 radical (unpaired) electrons. The van der Waals surface area contributed by atoms with E-state index in [1.165, 1.54) is 5.01 Å². The standard InChI is InChI=1S/C30H23ClFN3O5/c31-21-4-1-19(2-5-21)29-26(20-3-14-27-28(15-20)39-18-38-27)16-35(34-29)30(36)33-22-6-8-24(9-7-22)40-25-12-10-23(11-13-25)37-17-32/h1-15,34H,16-18H2,(H,33,36). The highest BCUT2D eigenvalue weighted by Crippen LogP contribution is 2.38. The molecule has 2 amide bonds. The van der Waals surface area contributed by atoms with Gasteiger partial charge in [0, 0.05) is 16.3 Å². The van der Waals surface area contributed by atoms with Crippen molar-refractivity contribution in [2.24, 2.45) is 0 Å². The van der Waals surface area contributed by atoms with Crippen LogP contribution in [0.15, 0.2) is 91.0 Å². The number of fused-ring (bicyclic) bond motifs is 1. The molecule has 2 heterocycles. The molecule has 0 fully saturated rings. The van der Waals surface area contributed by atoms with Crippen molar-refractivity contribution in [2.45, 2.75) is 0 Å². The van der Waals surface area contributed by atoms with Gasteiger partial charge in [-0.3, -0.25) is 5.43 Å². The van der Waals surface area contributed by atoms with Crippen molar-refractivity contribution in [1.82, 2.24) is 10.4 Å². The van der Waals surface area contributed by atoms with Gasteiger partial charge < -0.3 is 24.3 Å². The number of hydrogen-bond donors (Lipinski definition) is 2. The van der Waals surface area contributed by atoms with E-state index in [-0.39, 0.29) is 12.8 Å². The molecule has 2 N–H and O–H groups in total. The number of carbonyl (C=O) groups excluding carboxylic acids is 1. The highest BCUT2D eigenvalue weighted by atomic mass is 35.5. The maximum Gasteiger partial charge on any atom is 0.340 e. The summed E-state index contributed by atoms with van der Waals surface area (Å²) in [5.41, 5.74) is 7.34. The summed E-state index contributed by atoms with van der Waals surface area (Å²) in [6.45, 7) is -0.397. The topological polar surface area (TPSA) is 81.3 Å². The number of urea groups is 1. The molecule has 8 nitrogen and oxygen atoms in total. The van der Waals surface area contributed by atoms with E-state index >= 15 is 0 Å². The Labute approximate surface area is 234 Å². The molecule has 4 aromatic rings. The van der Waals surface area contributed by atoms with Crippen LogP contribution in [-0.2, 0) is 0 Å². The van der Waals surface area contributed by atoms with Crippen molar-refractivity contribution >= 4 is 34.6 Å². The van der Waals surface area contributed by atoms with Crippen LogP contribution in [0.2, 0.25) is 5.02 Å². The highest BCUT2D eigenvalue weighted by molar-refractivity contribution is 6.30. The van der Waals surface area contributed by atoms with Gasteiger partial charge in [0.25, 0.3) is 0 Å². The fourth-order valence-electron chi connectivity index (χ4n) is 4.38. The number of nitrogens with zero attached hydrogens (tertiary/aromatic N) is 1. The second kappa shape index (κ2) is 11.1. The largest absolute Gasteiger partial charge is 0.463 e. The van der Waals surface area contributed by atoms with Crippen LogP contribution in [0.3, 0.4) is 0 Å². The van der Waals surface area contributed by atoms with Crippen LogP contribution < -0.4 is 29.7 Å². The molecule has 2 aliphatic rings. The molecule has 40 heavy (non-hydrogen) atoms. The van der Waals surface area contributed by atoms with Crippen molar-refractivity contribution in [3.05, 3.63) is 107 Å². The quantitative estimate of drug-likeness (QED) is 0.252. The third-order valence-corrected chi connectivity index (χ3v) is 6.60. The summed E-state index contributed by atoms with van der Waals surface area (Å²) in [4.78, 5) is 13.3. The third kappa shape index (κ3) is 5.45. The molecular formula is C30H23ClFN3O5. The number of alkyl halides is 1. The average molecular weight is 560 g/mol. The van der Waals surface area contributed by atoms with Gasteiger partial charge in [-0.25, -0.2) is 14.2 Å². The number of halogens is 2. The lowest BCUT2D eigenvalue weighted by molar-refractivity contribution is 0.174. The van der Waals surface area contributed by atoms with E-state index in [0.717, 1.165) is 22.4 Å². The van der Waals surface area contributed by atoms with Crippen molar-refractivity contribution in [3.63, 3.8) is 0 Å². The zero-order valence-electron chi connectivity index (χ0n) is 21.0. The maximum atomic E-state index is 13.3. The predicted octanol–water partition coefficient (Wildman–Crippen LogP) is 7.09. The Morgan fingerprint density at radius 3 is 2.25 bits per heavy atom. The molecule has 6 rings (SSSR count). The highest BCUT2D eigenvalue weighted by Gasteiger charge is 2.28. The smallest absolute Gasteiger partial charge is 0.340 e. The van der Waals surface area contributed by atoms with Gasteiger partial charge in [-0.05, 0) is 83.9 Å². The minimum absolute atomic E-state index is 0.181. The lowest BCUT2D eigenvalue weighted by Gasteiger charge is -2.19. The number of amides is 2. The van der Waals surface area contributed by atoms with E-state index in [0.29, 0.717) is 46.0 Å². The van der Waals surface area contributed by atoms with Crippen LogP contribution in [0.25, 0.3) is 11.3 Å². The SMILES string of the molecule is O=C(Nc1ccc(Oc2ccc(OCF)cc2)cc1)N1CC(c2ccc3c(c2)OCO3)=C(c2ccc(Cl)cc2)N1. The Bertz CT molecular complexity index is 1560. The minimum Gasteiger partial charge on any atom is -0.463 e. The zero-order valence-corrected chi connectivity index (χ0v) is 21.8. The fraction of sp³-hybridized carbons (Fsp3) is 0.100. The molecule has 0 unspecified atom stereocenters. The van der Waals surface area contributed by atoms with Crippen LogP contribution >= 0.6 is 11.6 Å². The summed E-state index contributed by atoms with van der Waals surface area (Å²) in [5.74, 6) is 2.91. The monoisotopic (exact) mass is 559 g/mol. The lowest BCUT2D eigenvalue weighted by atomic mass is 10.0. The Morgan fingerprint density at radius 1 is 0.875 bits per heavy atom. The predicted molar refractivity (Wildman–Crippen MR) is 149 cm³/mol.